The second kappa shape index (κ2) is 6.07. The van der Waals surface area contributed by atoms with Gasteiger partial charge in [0.25, 0.3) is 0 Å². The first-order chi connectivity index (χ1) is 9.71. The van der Waals surface area contributed by atoms with E-state index in [1.165, 1.54) is 0 Å². The highest BCUT2D eigenvalue weighted by Crippen LogP contribution is 2.36. The van der Waals surface area contributed by atoms with Crippen LogP contribution in [-0.4, -0.2) is 48.8 Å². The van der Waals surface area contributed by atoms with Crippen LogP contribution in [0.2, 0.25) is 0 Å². The third-order valence-electron chi connectivity index (χ3n) is 4.41. The molecule has 1 aromatic heterocycles. The van der Waals surface area contributed by atoms with Gasteiger partial charge in [0.1, 0.15) is 0 Å². The molecule has 1 saturated heterocycles. The number of pyridine rings is 1. The lowest BCUT2D eigenvalue weighted by Crippen LogP contribution is -2.41. The summed E-state index contributed by atoms with van der Waals surface area (Å²) >= 11 is 0. The molecular formula is C16H27BN2O2. The van der Waals surface area contributed by atoms with E-state index < -0.39 is 0 Å². The molecule has 0 aliphatic carbocycles. The maximum atomic E-state index is 6.03. The predicted octanol–water partition coefficient (Wildman–Crippen LogP) is 1.87. The zero-order valence-electron chi connectivity index (χ0n) is 14.1. The van der Waals surface area contributed by atoms with Crippen LogP contribution in [0.4, 0.5) is 0 Å². The van der Waals surface area contributed by atoms with Gasteiger partial charge in [0.05, 0.1) is 11.2 Å². The third-order valence-corrected chi connectivity index (χ3v) is 4.41. The fourth-order valence-corrected chi connectivity index (χ4v) is 2.28. The fourth-order valence-electron chi connectivity index (χ4n) is 2.28. The van der Waals surface area contributed by atoms with Crippen LogP contribution in [0.3, 0.4) is 0 Å². The number of aryl methyl sites for hydroxylation is 1. The molecule has 0 radical (unpaired) electrons. The molecule has 0 saturated carbocycles. The van der Waals surface area contributed by atoms with Crippen molar-refractivity contribution in [3.63, 3.8) is 0 Å². The van der Waals surface area contributed by atoms with Gasteiger partial charge in [-0.15, -0.1) is 0 Å². The summed E-state index contributed by atoms with van der Waals surface area (Å²) < 4.78 is 12.1. The Hall–Kier alpha value is -0.905. The summed E-state index contributed by atoms with van der Waals surface area (Å²) in [5, 5.41) is 0. The van der Waals surface area contributed by atoms with Crippen LogP contribution in [0.5, 0.6) is 0 Å². The van der Waals surface area contributed by atoms with E-state index in [1.807, 2.05) is 6.20 Å². The van der Waals surface area contributed by atoms with Crippen molar-refractivity contribution in [3.05, 3.63) is 24.0 Å². The van der Waals surface area contributed by atoms with Gasteiger partial charge in [0.15, 0.2) is 0 Å². The normalized spacial score (nSPS) is 20.2. The quantitative estimate of drug-likeness (QED) is 0.776. The highest BCUT2D eigenvalue weighted by Gasteiger charge is 2.51. The average Bonchev–Trinajstić information content (AvgIpc) is 2.59. The Kier molecular flexibility index (Phi) is 4.76. The Morgan fingerprint density at radius 3 is 2.19 bits per heavy atom. The Balaban J connectivity index is 1.97. The SMILES string of the molecule is CN(C)CCCc1ccc(B2OC(C)(C)C(C)(C)O2)cn1. The average molecular weight is 290 g/mol. The van der Waals surface area contributed by atoms with Crippen molar-refractivity contribution < 1.29 is 9.31 Å². The van der Waals surface area contributed by atoms with E-state index >= 15 is 0 Å². The van der Waals surface area contributed by atoms with Gasteiger partial charge in [-0.3, -0.25) is 4.98 Å². The van der Waals surface area contributed by atoms with Crippen molar-refractivity contribution in [2.45, 2.75) is 51.7 Å². The van der Waals surface area contributed by atoms with Crippen LogP contribution >= 0.6 is 0 Å². The van der Waals surface area contributed by atoms with E-state index in [9.17, 15) is 0 Å². The van der Waals surface area contributed by atoms with Crippen LogP contribution < -0.4 is 5.46 Å². The second-order valence-electron chi connectivity index (χ2n) is 7.08. The lowest BCUT2D eigenvalue weighted by molar-refractivity contribution is 0.00578. The van der Waals surface area contributed by atoms with Crippen LogP contribution in [0.15, 0.2) is 18.3 Å². The minimum Gasteiger partial charge on any atom is -0.399 e. The Labute approximate surface area is 129 Å². The van der Waals surface area contributed by atoms with Gasteiger partial charge >= 0.3 is 7.12 Å². The van der Waals surface area contributed by atoms with E-state index in [-0.39, 0.29) is 18.3 Å². The standard InChI is InChI=1S/C16H27BN2O2/c1-15(2)16(3,4)21-17(20-15)13-9-10-14(18-12-13)8-7-11-19(5)6/h9-10,12H,7-8,11H2,1-6H3. The molecule has 0 bridgehead atoms. The highest BCUT2D eigenvalue weighted by molar-refractivity contribution is 6.62. The summed E-state index contributed by atoms with van der Waals surface area (Å²) in [7, 11) is 3.86. The number of hydrogen-bond acceptors (Lipinski definition) is 4. The van der Waals surface area contributed by atoms with Gasteiger partial charge in [0, 0.05) is 17.4 Å². The zero-order chi connectivity index (χ0) is 15.7. The van der Waals surface area contributed by atoms with Crippen molar-refractivity contribution >= 4 is 12.6 Å². The Bertz CT molecular complexity index is 456. The van der Waals surface area contributed by atoms with Crippen LogP contribution in [0, 0.1) is 0 Å². The van der Waals surface area contributed by atoms with E-state index in [0.29, 0.717) is 0 Å². The summed E-state index contributed by atoms with van der Waals surface area (Å²) in [5.74, 6) is 0. The fraction of sp³-hybridized carbons (Fsp3) is 0.688. The molecule has 2 heterocycles. The van der Waals surface area contributed by atoms with E-state index in [0.717, 1.165) is 30.5 Å². The van der Waals surface area contributed by atoms with Crippen LogP contribution in [-0.2, 0) is 15.7 Å². The molecule has 1 fully saturated rings. The van der Waals surface area contributed by atoms with Gasteiger partial charge in [-0.1, -0.05) is 6.07 Å². The minimum absolute atomic E-state index is 0.304. The largest absolute Gasteiger partial charge is 0.496 e. The van der Waals surface area contributed by atoms with Gasteiger partial charge in [-0.05, 0) is 67.2 Å². The number of aromatic nitrogens is 1. The van der Waals surface area contributed by atoms with E-state index in [2.05, 4.69) is 63.8 Å². The first-order valence-electron chi connectivity index (χ1n) is 7.66. The number of hydrogen-bond donors (Lipinski definition) is 0. The molecule has 2 rings (SSSR count). The van der Waals surface area contributed by atoms with Crippen molar-refractivity contribution in [2.75, 3.05) is 20.6 Å². The lowest BCUT2D eigenvalue weighted by atomic mass is 9.80. The molecule has 0 amide bonds. The maximum absolute atomic E-state index is 6.03. The zero-order valence-corrected chi connectivity index (χ0v) is 14.1. The maximum Gasteiger partial charge on any atom is 0.496 e. The molecule has 0 N–H and O–H groups in total. The molecule has 1 aromatic rings. The monoisotopic (exact) mass is 290 g/mol. The molecule has 4 nitrogen and oxygen atoms in total. The van der Waals surface area contributed by atoms with Gasteiger partial charge < -0.3 is 14.2 Å². The summed E-state index contributed by atoms with van der Waals surface area (Å²) in [6, 6.07) is 4.15. The van der Waals surface area contributed by atoms with Crippen LogP contribution in [0.25, 0.3) is 0 Å². The summed E-state index contributed by atoms with van der Waals surface area (Å²) in [4.78, 5) is 6.73. The Morgan fingerprint density at radius 2 is 1.71 bits per heavy atom. The molecule has 0 atom stereocenters. The molecular weight excluding hydrogens is 263 g/mol. The molecule has 116 valence electrons. The topological polar surface area (TPSA) is 34.6 Å². The first-order valence-corrected chi connectivity index (χ1v) is 7.66. The van der Waals surface area contributed by atoms with E-state index in [1.54, 1.807) is 0 Å². The molecule has 1 aliphatic heterocycles. The van der Waals surface area contributed by atoms with E-state index in [4.69, 9.17) is 9.31 Å². The molecule has 0 spiro atoms. The first kappa shape index (κ1) is 16.5. The van der Waals surface area contributed by atoms with Crippen molar-refractivity contribution in [1.82, 2.24) is 9.88 Å². The lowest BCUT2D eigenvalue weighted by Gasteiger charge is -2.32. The summed E-state index contributed by atoms with van der Waals surface area (Å²) in [5.41, 5.74) is 1.51. The Morgan fingerprint density at radius 1 is 1.10 bits per heavy atom. The number of nitrogens with zero attached hydrogens (tertiary/aromatic N) is 2. The molecule has 1 aliphatic rings. The highest BCUT2D eigenvalue weighted by atomic mass is 16.7. The predicted molar refractivity (Wildman–Crippen MR) is 86.8 cm³/mol. The third kappa shape index (κ3) is 3.85. The van der Waals surface area contributed by atoms with Crippen molar-refractivity contribution in [2.24, 2.45) is 0 Å². The van der Waals surface area contributed by atoms with Crippen molar-refractivity contribution in [3.8, 4) is 0 Å². The van der Waals surface area contributed by atoms with Gasteiger partial charge in [-0.2, -0.15) is 0 Å². The van der Waals surface area contributed by atoms with Gasteiger partial charge in [-0.25, -0.2) is 0 Å². The minimum atomic E-state index is -0.321. The summed E-state index contributed by atoms with van der Waals surface area (Å²) in [6.45, 7) is 9.35. The molecule has 0 aromatic carbocycles. The molecule has 5 heteroatoms. The smallest absolute Gasteiger partial charge is 0.399 e. The van der Waals surface area contributed by atoms with Crippen molar-refractivity contribution in [1.29, 1.82) is 0 Å². The van der Waals surface area contributed by atoms with Gasteiger partial charge in [0.2, 0.25) is 0 Å². The molecule has 21 heavy (non-hydrogen) atoms. The molecule has 0 unspecified atom stereocenters. The second-order valence-corrected chi connectivity index (χ2v) is 7.08. The summed E-state index contributed by atoms with van der Waals surface area (Å²) in [6.07, 6.45) is 4.00. The van der Waals surface area contributed by atoms with Crippen LogP contribution in [0.1, 0.15) is 39.8 Å². The number of rotatable bonds is 5.